The lowest BCUT2D eigenvalue weighted by molar-refractivity contribution is -0.117. The molecule has 3 N–H and O–H groups in total. The number of rotatable bonds is 9. The Morgan fingerprint density at radius 1 is 1.06 bits per heavy atom. The smallest absolute Gasteiger partial charge is 0.251 e. The van der Waals surface area contributed by atoms with Crippen molar-refractivity contribution in [3.63, 3.8) is 0 Å². The summed E-state index contributed by atoms with van der Waals surface area (Å²) < 4.78 is 27.7. The Labute approximate surface area is 213 Å². The van der Waals surface area contributed by atoms with Gasteiger partial charge in [-0.2, -0.15) is 4.31 Å². The van der Waals surface area contributed by atoms with E-state index in [9.17, 15) is 23.1 Å². The molecule has 9 heteroatoms. The molecule has 36 heavy (non-hydrogen) atoms. The molecule has 2 amide bonds. The number of amides is 2. The largest absolute Gasteiger partial charge is 0.395 e. The molecule has 1 aliphatic heterocycles. The molecule has 4 bridgehead atoms. The highest BCUT2D eigenvalue weighted by Crippen LogP contribution is 2.61. The summed E-state index contributed by atoms with van der Waals surface area (Å²) in [4.78, 5) is 24.5. The van der Waals surface area contributed by atoms with Crippen molar-refractivity contribution < 1.29 is 23.1 Å². The number of nitrogens with zero attached hydrogens (tertiary/aromatic N) is 1. The van der Waals surface area contributed by atoms with Gasteiger partial charge >= 0.3 is 0 Å². The van der Waals surface area contributed by atoms with Gasteiger partial charge in [0.25, 0.3) is 5.91 Å². The molecule has 1 aromatic rings. The fourth-order valence-corrected chi connectivity index (χ4v) is 9.44. The van der Waals surface area contributed by atoms with E-state index >= 15 is 0 Å². The van der Waals surface area contributed by atoms with Crippen LogP contribution in [0.3, 0.4) is 0 Å². The minimum Gasteiger partial charge on any atom is -0.395 e. The maximum atomic E-state index is 13.2. The summed E-state index contributed by atoms with van der Waals surface area (Å²) in [5.74, 6) is 2.09. The summed E-state index contributed by atoms with van der Waals surface area (Å²) in [6.07, 6.45) is 10.6. The Hall–Kier alpha value is -2.23. The molecular formula is C27H37N3O5S. The number of aliphatic hydroxyl groups is 1. The number of aliphatic hydroxyl groups excluding tert-OH is 1. The molecule has 0 aromatic heterocycles. The second kappa shape index (κ2) is 9.91. The first-order valence-electron chi connectivity index (χ1n) is 13.2. The van der Waals surface area contributed by atoms with Gasteiger partial charge in [-0.3, -0.25) is 9.59 Å². The third-order valence-electron chi connectivity index (χ3n) is 8.94. The van der Waals surface area contributed by atoms with E-state index in [-0.39, 0.29) is 29.9 Å². The fourth-order valence-electron chi connectivity index (χ4n) is 7.76. The zero-order valence-electron chi connectivity index (χ0n) is 20.7. The first kappa shape index (κ1) is 25.4. The van der Waals surface area contributed by atoms with E-state index < -0.39 is 22.1 Å². The van der Waals surface area contributed by atoms with Gasteiger partial charge in [0.2, 0.25) is 15.9 Å². The minimum atomic E-state index is -3.90. The van der Waals surface area contributed by atoms with Gasteiger partial charge in [0.05, 0.1) is 17.5 Å². The first-order valence-corrected chi connectivity index (χ1v) is 14.6. The molecule has 4 aliphatic carbocycles. The molecule has 4 saturated carbocycles. The van der Waals surface area contributed by atoms with E-state index in [0.29, 0.717) is 23.9 Å². The molecule has 0 radical (unpaired) electrons. The van der Waals surface area contributed by atoms with E-state index in [1.807, 2.05) is 0 Å². The molecular weight excluding hydrogens is 478 g/mol. The molecule has 1 heterocycles. The van der Waals surface area contributed by atoms with Crippen molar-refractivity contribution >= 4 is 21.8 Å². The van der Waals surface area contributed by atoms with Gasteiger partial charge in [-0.1, -0.05) is 6.58 Å². The van der Waals surface area contributed by atoms with Crippen LogP contribution in [0.25, 0.3) is 0 Å². The van der Waals surface area contributed by atoms with Crippen molar-refractivity contribution in [3.05, 3.63) is 42.5 Å². The molecule has 2 unspecified atom stereocenters. The Morgan fingerprint density at radius 3 is 2.22 bits per heavy atom. The Balaban J connectivity index is 1.18. The topological polar surface area (TPSA) is 116 Å². The Morgan fingerprint density at radius 2 is 1.67 bits per heavy atom. The molecule has 6 rings (SSSR count). The van der Waals surface area contributed by atoms with Crippen molar-refractivity contribution in [2.45, 2.75) is 68.3 Å². The molecule has 1 saturated heterocycles. The molecule has 0 spiro atoms. The molecule has 1 aromatic carbocycles. The van der Waals surface area contributed by atoms with E-state index in [2.05, 4.69) is 17.2 Å². The van der Waals surface area contributed by atoms with Crippen LogP contribution in [0.15, 0.2) is 41.8 Å². The van der Waals surface area contributed by atoms with Gasteiger partial charge in [-0.05, 0) is 105 Å². The number of carbonyl (C=O) groups excluding carboxylic acids is 2. The van der Waals surface area contributed by atoms with Gasteiger partial charge in [0.1, 0.15) is 0 Å². The van der Waals surface area contributed by atoms with Gasteiger partial charge in [-0.25, -0.2) is 8.42 Å². The van der Waals surface area contributed by atoms with Crippen LogP contribution in [0.2, 0.25) is 0 Å². The minimum absolute atomic E-state index is 0.0572. The SMILES string of the molecule is C=CC(=O)NC1CC(CO)N(S(=O)(=O)c2ccc(C(=O)NCCC34CC5CC(CC(C5)C3)C4)cc2)C1. The lowest BCUT2D eigenvalue weighted by Crippen LogP contribution is -2.47. The van der Waals surface area contributed by atoms with Crippen LogP contribution in [0.4, 0.5) is 0 Å². The Kier molecular flexibility index (Phi) is 7.00. The molecule has 2 atom stereocenters. The molecule has 5 fully saturated rings. The third-order valence-corrected chi connectivity index (χ3v) is 10.9. The average Bonchev–Trinajstić information content (AvgIpc) is 3.26. The van der Waals surface area contributed by atoms with Gasteiger partial charge in [0.15, 0.2) is 0 Å². The van der Waals surface area contributed by atoms with Crippen LogP contribution in [0.5, 0.6) is 0 Å². The summed E-state index contributed by atoms with van der Waals surface area (Å²) in [5, 5.41) is 15.5. The van der Waals surface area contributed by atoms with E-state index in [1.165, 1.54) is 67.1 Å². The lowest BCUT2D eigenvalue weighted by Gasteiger charge is -2.57. The monoisotopic (exact) mass is 515 g/mol. The average molecular weight is 516 g/mol. The van der Waals surface area contributed by atoms with Crippen LogP contribution < -0.4 is 10.6 Å². The fraction of sp³-hybridized carbons (Fsp3) is 0.630. The van der Waals surface area contributed by atoms with Crippen LogP contribution in [-0.4, -0.2) is 61.4 Å². The molecule has 196 valence electrons. The maximum absolute atomic E-state index is 13.2. The van der Waals surface area contributed by atoms with Crippen molar-refractivity contribution in [2.75, 3.05) is 19.7 Å². The number of hydrogen-bond acceptors (Lipinski definition) is 5. The zero-order valence-corrected chi connectivity index (χ0v) is 21.5. The second-order valence-electron chi connectivity index (χ2n) is 11.5. The van der Waals surface area contributed by atoms with Crippen molar-refractivity contribution in [1.29, 1.82) is 0 Å². The number of carbonyl (C=O) groups is 2. The van der Waals surface area contributed by atoms with Crippen LogP contribution in [0, 0.1) is 23.2 Å². The molecule has 8 nitrogen and oxygen atoms in total. The van der Waals surface area contributed by atoms with Crippen LogP contribution >= 0.6 is 0 Å². The predicted molar refractivity (Wildman–Crippen MR) is 136 cm³/mol. The zero-order chi connectivity index (χ0) is 25.5. The predicted octanol–water partition coefficient (Wildman–Crippen LogP) is 2.45. The quantitative estimate of drug-likeness (QED) is 0.437. The summed E-state index contributed by atoms with van der Waals surface area (Å²) in [7, 11) is -3.90. The van der Waals surface area contributed by atoms with Gasteiger partial charge in [-0.15, -0.1) is 0 Å². The highest BCUT2D eigenvalue weighted by molar-refractivity contribution is 7.89. The summed E-state index contributed by atoms with van der Waals surface area (Å²) in [6, 6.07) is 4.92. The number of sulfonamides is 1. The summed E-state index contributed by atoms with van der Waals surface area (Å²) in [5.41, 5.74) is 0.831. The van der Waals surface area contributed by atoms with Gasteiger partial charge < -0.3 is 15.7 Å². The number of hydrogen-bond donors (Lipinski definition) is 3. The normalized spacial score (nSPS) is 33.4. The summed E-state index contributed by atoms with van der Waals surface area (Å²) in [6.45, 7) is 3.79. The van der Waals surface area contributed by atoms with E-state index in [4.69, 9.17) is 0 Å². The highest BCUT2D eigenvalue weighted by atomic mass is 32.2. The first-order chi connectivity index (χ1) is 17.2. The number of benzene rings is 1. The second-order valence-corrected chi connectivity index (χ2v) is 13.4. The standard InChI is InChI=1S/C27H37N3O5S/c1-2-25(32)29-22-12-23(17-31)30(16-22)36(34,35)24-5-3-21(4-6-24)26(33)28-8-7-27-13-18-9-19(14-27)11-20(10-18)15-27/h2-6,18-20,22-23,31H,1,7-17H2,(H,28,33)(H,29,32). The third kappa shape index (κ3) is 4.97. The van der Waals surface area contributed by atoms with E-state index in [1.54, 1.807) is 0 Å². The number of nitrogens with one attached hydrogen (secondary N) is 2. The molecule has 5 aliphatic rings. The summed E-state index contributed by atoms with van der Waals surface area (Å²) >= 11 is 0. The van der Waals surface area contributed by atoms with E-state index in [0.717, 1.165) is 30.3 Å². The van der Waals surface area contributed by atoms with Crippen LogP contribution in [-0.2, 0) is 14.8 Å². The van der Waals surface area contributed by atoms with Crippen molar-refractivity contribution in [3.8, 4) is 0 Å². The Bertz CT molecular complexity index is 1080. The van der Waals surface area contributed by atoms with Crippen molar-refractivity contribution in [1.82, 2.24) is 14.9 Å². The maximum Gasteiger partial charge on any atom is 0.251 e. The highest BCUT2D eigenvalue weighted by Gasteiger charge is 2.50. The van der Waals surface area contributed by atoms with Crippen LogP contribution in [0.1, 0.15) is 61.7 Å². The lowest BCUT2D eigenvalue weighted by atomic mass is 9.49. The van der Waals surface area contributed by atoms with Crippen molar-refractivity contribution in [2.24, 2.45) is 23.2 Å². The van der Waals surface area contributed by atoms with Gasteiger partial charge in [0, 0.05) is 24.7 Å².